The zero-order valence-corrected chi connectivity index (χ0v) is 25.7. The molecule has 1 aliphatic heterocycles. The van der Waals surface area contributed by atoms with E-state index in [1.54, 1.807) is 0 Å². The van der Waals surface area contributed by atoms with E-state index in [9.17, 15) is 0 Å². The zero-order chi connectivity index (χ0) is 30.9. The fourth-order valence-corrected chi connectivity index (χ4v) is 7.82. The third kappa shape index (κ3) is 3.93. The van der Waals surface area contributed by atoms with Crippen molar-refractivity contribution in [3.05, 3.63) is 158 Å². The molecule has 8 aromatic rings. The summed E-state index contributed by atoms with van der Waals surface area (Å²) in [6.45, 7) is 1.43. The van der Waals surface area contributed by atoms with Crippen LogP contribution in [0.2, 0.25) is 0 Å². The Morgan fingerprint density at radius 2 is 0.915 bits per heavy atom. The number of nitrogens with zero attached hydrogens (tertiary/aromatic N) is 2. The van der Waals surface area contributed by atoms with Crippen LogP contribution < -0.4 is 9.64 Å². The summed E-state index contributed by atoms with van der Waals surface area (Å²) in [6, 6.07) is 57.5. The summed E-state index contributed by atoms with van der Waals surface area (Å²) in [5.74, 6) is 0.919. The van der Waals surface area contributed by atoms with Gasteiger partial charge in [0.25, 0.3) is 0 Å². The molecule has 1 aromatic heterocycles. The van der Waals surface area contributed by atoms with Crippen molar-refractivity contribution < 1.29 is 4.74 Å². The maximum absolute atomic E-state index is 6.42. The van der Waals surface area contributed by atoms with Gasteiger partial charge in [0.15, 0.2) is 0 Å². The molecule has 222 valence electrons. The minimum Gasteiger partial charge on any atom is -0.490 e. The molecule has 0 spiro atoms. The van der Waals surface area contributed by atoms with Crippen LogP contribution in [0.15, 0.2) is 158 Å². The van der Waals surface area contributed by atoms with Crippen molar-refractivity contribution in [2.45, 2.75) is 0 Å². The van der Waals surface area contributed by atoms with Crippen molar-refractivity contribution in [2.75, 3.05) is 18.1 Å². The monoisotopic (exact) mass is 602 g/mol. The number of rotatable bonds is 2. The Labute approximate surface area is 273 Å². The zero-order valence-electron chi connectivity index (χ0n) is 25.7. The molecule has 0 unspecified atom stereocenters. The van der Waals surface area contributed by atoms with Crippen molar-refractivity contribution in [3.63, 3.8) is 0 Å². The minimum atomic E-state index is 0.639. The SMILES string of the molecule is c1ccc(N2CCOc3cc4c(cc32)-c2cc(-n3c5ccccc5c5ccccc53)ccc2-c2ccccc2-c2ccccc2-4)cc1. The van der Waals surface area contributed by atoms with Gasteiger partial charge in [-0.15, -0.1) is 0 Å². The maximum Gasteiger partial charge on any atom is 0.143 e. The summed E-state index contributed by atoms with van der Waals surface area (Å²) in [5, 5.41) is 2.53. The highest BCUT2D eigenvalue weighted by Crippen LogP contribution is 2.52. The second-order valence-electron chi connectivity index (χ2n) is 12.4. The van der Waals surface area contributed by atoms with Crippen LogP contribution in [-0.4, -0.2) is 17.7 Å². The van der Waals surface area contributed by atoms with Gasteiger partial charge in [-0.05, 0) is 93.0 Å². The van der Waals surface area contributed by atoms with Crippen molar-refractivity contribution in [1.29, 1.82) is 0 Å². The topological polar surface area (TPSA) is 17.4 Å². The summed E-state index contributed by atoms with van der Waals surface area (Å²) < 4.78 is 8.84. The first-order chi connectivity index (χ1) is 23.3. The fraction of sp³-hybridized carbons (Fsp3) is 0.0455. The Balaban J connectivity index is 1.31. The lowest BCUT2D eigenvalue weighted by Crippen LogP contribution is -2.28. The molecule has 0 saturated carbocycles. The molecule has 2 heterocycles. The molecule has 1 aliphatic carbocycles. The minimum absolute atomic E-state index is 0.639. The van der Waals surface area contributed by atoms with E-state index in [1.165, 1.54) is 72.0 Å². The van der Waals surface area contributed by atoms with Gasteiger partial charge in [0.2, 0.25) is 0 Å². The third-order valence-electron chi connectivity index (χ3n) is 9.89. The highest BCUT2D eigenvalue weighted by Gasteiger charge is 2.28. The number of anilines is 2. The van der Waals surface area contributed by atoms with Gasteiger partial charge in [0.1, 0.15) is 12.4 Å². The Bertz CT molecular complexity index is 2460. The molecule has 0 bridgehead atoms. The van der Waals surface area contributed by atoms with E-state index >= 15 is 0 Å². The first-order valence-electron chi connectivity index (χ1n) is 16.3. The number of ether oxygens (including phenoxy) is 1. The fourth-order valence-electron chi connectivity index (χ4n) is 7.82. The van der Waals surface area contributed by atoms with Gasteiger partial charge < -0.3 is 14.2 Å². The molecule has 0 atom stereocenters. The number of hydrogen-bond donors (Lipinski definition) is 0. The van der Waals surface area contributed by atoms with Crippen molar-refractivity contribution in [3.8, 4) is 55.9 Å². The van der Waals surface area contributed by atoms with Crippen LogP contribution in [0.4, 0.5) is 11.4 Å². The quantitative estimate of drug-likeness (QED) is 0.196. The second-order valence-corrected chi connectivity index (χ2v) is 12.4. The summed E-state index contributed by atoms with van der Waals surface area (Å²) in [4.78, 5) is 2.40. The normalized spacial score (nSPS) is 13.1. The van der Waals surface area contributed by atoms with Gasteiger partial charge in [0.05, 0.1) is 23.3 Å². The van der Waals surface area contributed by atoms with Gasteiger partial charge in [-0.1, -0.05) is 109 Å². The lowest BCUT2D eigenvalue weighted by Gasteiger charge is -2.33. The van der Waals surface area contributed by atoms with Crippen molar-refractivity contribution in [2.24, 2.45) is 0 Å². The van der Waals surface area contributed by atoms with Crippen LogP contribution in [0.1, 0.15) is 0 Å². The van der Waals surface area contributed by atoms with Crippen LogP contribution in [0.5, 0.6) is 5.75 Å². The Hall–Kier alpha value is -6.06. The standard InChI is InChI=1S/C44H30N2O/c1-2-12-29(13-3-1)45-24-25-47-44-28-40-34-17-7-6-15-32(34)31-14-4-5-16-33(31)35-23-22-30(26-38(35)39(40)27-43(44)45)46-41-20-10-8-18-36(41)37-19-9-11-21-42(37)46/h1-23,26-28H,24-25H2. The second kappa shape index (κ2) is 10.2. The molecule has 0 fully saturated rings. The van der Waals surface area contributed by atoms with E-state index in [4.69, 9.17) is 4.74 Å². The average molecular weight is 603 g/mol. The molecule has 2 aliphatic rings. The summed E-state index contributed by atoms with van der Waals surface area (Å²) in [6.07, 6.45) is 0. The number of aromatic nitrogens is 1. The predicted molar refractivity (Wildman–Crippen MR) is 195 cm³/mol. The largest absolute Gasteiger partial charge is 0.490 e. The lowest BCUT2D eigenvalue weighted by molar-refractivity contribution is 0.314. The Morgan fingerprint density at radius 1 is 0.404 bits per heavy atom. The average Bonchev–Trinajstić information content (AvgIpc) is 3.48. The van der Waals surface area contributed by atoms with Gasteiger partial charge in [-0.2, -0.15) is 0 Å². The smallest absolute Gasteiger partial charge is 0.143 e. The number of benzene rings is 7. The first kappa shape index (κ1) is 26.2. The van der Waals surface area contributed by atoms with Crippen LogP contribution >= 0.6 is 0 Å². The Kier molecular flexibility index (Phi) is 5.70. The number of fused-ring (bicyclic) bond motifs is 12. The first-order valence-corrected chi connectivity index (χ1v) is 16.3. The van der Waals surface area contributed by atoms with E-state index in [2.05, 4.69) is 167 Å². The van der Waals surface area contributed by atoms with Crippen molar-refractivity contribution >= 4 is 33.2 Å². The highest BCUT2D eigenvalue weighted by molar-refractivity contribution is 6.10. The molecule has 10 rings (SSSR count). The van der Waals surface area contributed by atoms with E-state index in [-0.39, 0.29) is 0 Å². The predicted octanol–water partition coefficient (Wildman–Crippen LogP) is 11.3. The van der Waals surface area contributed by atoms with E-state index in [0.717, 1.165) is 23.7 Å². The van der Waals surface area contributed by atoms with Gasteiger partial charge in [0, 0.05) is 22.1 Å². The summed E-state index contributed by atoms with van der Waals surface area (Å²) in [5.41, 5.74) is 15.6. The molecule has 0 N–H and O–H groups in total. The molecule has 0 amide bonds. The maximum atomic E-state index is 6.42. The van der Waals surface area contributed by atoms with Gasteiger partial charge >= 0.3 is 0 Å². The van der Waals surface area contributed by atoms with Crippen LogP contribution in [0.3, 0.4) is 0 Å². The molecular weight excluding hydrogens is 572 g/mol. The summed E-state index contributed by atoms with van der Waals surface area (Å²) in [7, 11) is 0. The van der Waals surface area contributed by atoms with Gasteiger partial charge in [-0.25, -0.2) is 0 Å². The summed E-state index contributed by atoms with van der Waals surface area (Å²) >= 11 is 0. The third-order valence-corrected chi connectivity index (χ3v) is 9.89. The lowest BCUT2D eigenvalue weighted by atomic mass is 9.80. The van der Waals surface area contributed by atoms with E-state index < -0.39 is 0 Å². The van der Waals surface area contributed by atoms with Crippen molar-refractivity contribution in [1.82, 2.24) is 4.57 Å². The van der Waals surface area contributed by atoms with Gasteiger partial charge in [-0.3, -0.25) is 0 Å². The molecular formula is C44H30N2O. The van der Waals surface area contributed by atoms with Crippen LogP contribution in [0.25, 0.3) is 72.0 Å². The molecule has 3 nitrogen and oxygen atoms in total. The molecule has 3 heteroatoms. The molecule has 47 heavy (non-hydrogen) atoms. The molecule has 0 saturated heterocycles. The van der Waals surface area contributed by atoms with E-state index in [1.807, 2.05) is 0 Å². The molecule has 0 radical (unpaired) electrons. The van der Waals surface area contributed by atoms with Crippen LogP contribution in [-0.2, 0) is 0 Å². The number of hydrogen-bond acceptors (Lipinski definition) is 2. The van der Waals surface area contributed by atoms with Crippen LogP contribution in [0, 0.1) is 0 Å². The van der Waals surface area contributed by atoms with E-state index in [0.29, 0.717) is 6.61 Å². The Morgan fingerprint density at radius 3 is 1.57 bits per heavy atom. The molecule has 7 aromatic carbocycles. The number of para-hydroxylation sites is 3. The highest BCUT2D eigenvalue weighted by atomic mass is 16.5.